The SMILES string of the molecule is Cn1nccc1C(=O)Nc1ccccc1CN. The van der Waals surface area contributed by atoms with E-state index in [4.69, 9.17) is 5.73 Å². The highest BCUT2D eigenvalue weighted by molar-refractivity contribution is 6.03. The maximum absolute atomic E-state index is 12.0. The van der Waals surface area contributed by atoms with Gasteiger partial charge >= 0.3 is 0 Å². The molecule has 0 aliphatic heterocycles. The number of carbonyl (C=O) groups is 1. The summed E-state index contributed by atoms with van der Waals surface area (Å²) >= 11 is 0. The first-order valence-electron chi connectivity index (χ1n) is 5.29. The van der Waals surface area contributed by atoms with Crippen LogP contribution in [0.3, 0.4) is 0 Å². The fraction of sp³-hybridized carbons (Fsp3) is 0.167. The lowest BCUT2D eigenvalue weighted by Gasteiger charge is -2.09. The van der Waals surface area contributed by atoms with Crippen molar-refractivity contribution < 1.29 is 4.79 Å². The van der Waals surface area contributed by atoms with Gasteiger partial charge in [-0.3, -0.25) is 9.48 Å². The van der Waals surface area contributed by atoms with Crippen LogP contribution in [0.1, 0.15) is 16.1 Å². The molecule has 0 bridgehead atoms. The minimum atomic E-state index is -0.189. The van der Waals surface area contributed by atoms with Crippen LogP contribution in [-0.4, -0.2) is 15.7 Å². The van der Waals surface area contributed by atoms with Crippen LogP contribution in [0.25, 0.3) is 0 Å². The van der Waals surface area contributed by atoms with Gasteiger partial charge in [-0.2, -0.15) is 5.10 Å². The number of aryl methyl sites for hydroxylation is 1. The maximum Gasteiger partial charge on any atom is 0.273 e. The second-order valence-corrected chi connectivity index (χ2v) is 3.66. The van der Waals surface area contributed by atoms with Crippen LogP contribution >= 0.6 is 0 Å². The maximum atomic E-state index is 12.0. The van der Waals surface area contributed by atoms with Crippen molar-refractivity contribution in [3.8, 4) is 0 Å². The van der Waals surface area contributed by atoms with Crippen molar-refractivity contribution in [1.29, 1.82) is 0 Å². The summed E-state index contributed by atoms with van der Waals surface area (Å²) in [6.45, 7) is 0.391. The summed E-state index contributed by atoms with van der Waals surface area (Å²) in [6, 6.07) is 9.13. The number of nitrogens with zero attached hydrogens (tertiary/aromatic N) is 2. The van der Waals surface area contributed by atoms with Crippen molar-refractivity contribution in [3.63, 3.8) is 0 Å². The van der Waals surface area contributed by atoms with Gasteiger partial charge in [-0.1, -0.05) is 18.2 Å². The minimum Gasteiger partial charge on any atom is -0.326 e. The molecule has 0 unspecified atom stereocenters. The third-order valence-electron chi connectivity index (χ3n) is 2.54. The number of nitrogens with two attached hydrogens (primary N) is 1. The average molecular weight is 230 g/mol. The van der Waals surface area contributed by atoms with Crippen molar-refractivity contribution >= 4 is 11.6 Å². The zero-order valence-electron chi connectivity index (χ0n) is 9.55. The van der Waals surface area contributed by atoms with E-state index in [0.29, 0.717) is 12.2 Å². The summed E-state index contributed by atoms with van der Waals surface area (Å²) < 4.78 is 1.53. The Hall–Kier alpha value is -2.14. The van der Waals surface area contributed by atoms with Gasteiger partial charge in [-0.15, -0.1) is 0 Å². The van der Waals surface area contributed by atoms with Crippen molar-refractivity contribution in [1.82, 2.24) is 9.78 Å². The first-order valence-corrected chi connectivity index (χ1v) is 5.29. The summed E-state index contributed by atoms with van der Waals surface area (Å²) in [5.74, 6) is -0.189. The van der Waals surface area contributed by atoms with Gasteiger partial charge in [0, 0.05) is 25.5 Å². The molecule has 1 heterocycles. The first-order chi connectivity index (χ1) is 8.22. The van der Waals surface area contributed by atoms with E-state index in [1.54, 1.807) is 19.3 Å². The Bertz CT molecular complexity index is 533. The summed E-state index contributed by atoms with van der Waals surface area (Å²) in [5, 5.41) is 6.78. The third kappa shape index (κ3) is 2.34. The molecule has 0 fully saturated rings. The van der Waals surface area contributed by atoms with E-state index in [9.17, 15) is 4.79 Å². The standard InChI is InChI=1S/C12H14N4O/c1-16-11(6-7-14-16)12(17)15-10-5-3-2-4-9(10)8-13/h2-7H,8,13H2,1H3,(H,15,17). The summed E-state index contributed by atoms with van der Waals surface area (Å²) in [6.07, 6.45) is 1.59. The number of carbonyl (C=O) groups excluding carboxylic acids is 1. The number of hydrogen-bond donors (Lipinski definition) is 2. The Morgan fingerprint density at radius 2 is 2.18 bits per heavy atom. The minimum absolute atomic E-state index is 0.189. The van der Waals surface area contributed by atoms with Gasteiger partial charge in [-0.05, 0) is 17.7 Å². The van der Waals surface area contributed by atoms with E-state index in [0.717, 1.165) is 11.3 Å². The van der Waals surface area contributed by atoms with Crippen LogP contribution in [0.4, 0.5) is 5.69 Å². The van der Waals surface area contributed by atoms with E-state index in [1.165, 1.54) is 4.68 Å². The van der Waals surface area contributed by atoms with Gasteiger partial charge < -0.3 is 11.1 Å². The quantitative estimate of drug-likeness (QED) is 0.830. The fourth-order valence-electron chi connectivity index (χ4n) is 1.60. The van der Waals surface area contributed by atoms with Gasteiger partial charge in [0.15, 0.2) is 0 Å². The molecule has 0 saturated carbocycles. The third-order valence-corrected chi connectivity index (χ3v) is 2.54. The van der Waals surface area contributed by atoms with Crippen LogP contribution in [0.2, 0.25) is 0 Å². The summed E-state index contributed by atoms with van der Waals surface area (Å²) in [5.41, 5.74) is 7.76. The van der Waals surface area contributed by atoms with E-state index in [1.807, 2.05) is 24.3 Å². The molecule has 1 amide bonds. The molecule has 0 spiro atoms. The van der Waals surface area contributed by atoms with Gasteiger partial charge in [0.2, 0.25) is 0 Å². The molecule has 1 aromatic carbocycles. The number of para-hydroxylation sites is 1. The number of hydrogen-bond acceptors (Lipinski definition) is 3. The van der Waals surface area contributed by atoms with Crippen molar-refractivity contribution in [2.75, 3.05) is 5.32 Å². The van der Waals surface area contributed by atoms with E-state index in [2.05, 4.69) is 10.4 Å². The van der Waals surface area contributed by atoms with Crippen LogP contribution in [0.15, 0.2) is 36.5 Å². The van der Waals surface area contributed by atoms with Gasteiger partial charge in [0.05, 0.1) is 0 Å². The van der Waals surface area contributed by atoms with Crippen molar-refractivity contribution in [3.05, 3.63) is 47.8 Å². The first kappa shape index (κ1) is 11.3. The molecule has 2 rings (SSSR count). The van der Waals surface area contributed by atoms with Crippen LogP contribution in [0, 0.1) is 0 Å². The highest BCUT2D eigenvalue weighted by Crippen LogP contribution is 2.15. The number of aromatic nitrogens is 2. The van der Waals surface area contributed by atoms with Gasteiger partial charge in [0.1, 0.15) is 5.69 Å². The highest BCUT2D eigenvalue weighted by Gasteiger charge is 2.11. The average Bonchev–Trinajstić information content (AvgIpc) is 2.76. The van der Waals surface area contributed by atoms with E-state index in [-0.39, 0.29) is 5.91 Å². The van der Waals surface area contributed by atoms with Crippen LogP contribution < -0.4 is 11.1 Å². The molecule has 1 aromatic heterocycles. The summed E-state index contributed by atoms with van der Waals surface area (Å²) in [7, 11) is 1.73. The number of rotatable bonds is 3. The molecular formula is C12H14N4O. The molecule has 0 radical (unpaired) electrons. The lowest BCUT2D eigenvalue weighted by atomic mass is 10.2. The Morgan fingerprint density at radius 3 is 2.82 bits per heavy atom. The molecule has 5 heteroatoms. The second-order valence-electron chi connectivity index (χ2n) is 3.66. The number of benzene rings is 1. The topological polar surface area (TPSA) is 72.9 Å². The predicted octanol–water partition coefficient (Wildman–Crippen LogP) is 1.13. The van der Waals surface area contributed by atoms with Crippen molar-refractivity contribution in [2.24, 2.45) is 12.8 Å². The number of anilines is 1. The Labute approximate surface area is 99.2 Å². The Balaban J connectivity index is 2.22. The number of nitrogens with one attached hydrogen (secondary N) is 1. The largest absolute Gasteiger partial charge is 0.326 e. The number of amides is 1. The Kier molecular flexibility index (Phi) is 3.20. The zero-order valence-corrected chi connectivity index (χ0v) is 9.55. The van der Waals surface area contributed by atoms with Crippen LogP contribution in [0.5, 0.6) is 0 Å². The zero-order chi connectivity index (χ0) is 12.3. The monoisotopic (exact) mass is 230 g/mol. The van der Waals surface area contributed by atoms with Gasteiger partial charge in [-0.25, -0.2) is 0 Å². The molecule has 0 aliphatic carbocycles. The smallest absolute Gasteiger partial charge is 0.273 e. The van der Waals surface area contributed by atoms with E-state index >= 15 is 0 Å². The second kappa shape index (κ2) is 4.80. The van der Waals surface area contributed by atoms with Crippen LogP contribution in [-0.2, 0) is 13.6 Å². The molecule has 3 N–H and O–H groups in total. The molecule has 0 aliphatic rings. The van der Waals surface area contributed by atoms with Crippen molar-refractivity contribution in [2.45, 2.75) is 6.54 Å². The fourth-order valence-corrected chi connectivity index (χ4v) is 1.60. The molecule has 0 saturated heterocycles. The normalized spacial score (nSPS) is 10.2. The molecule has 17 heavy (non-hydrogen) atoms. The molecular weight excluding hydrogens is 216 g/mol. The molecule has 88 valence electrons. The predicted molar refractivity (Wildman–Crippen MR) is 65.5 cm³/mol. The lowest BCUT2D eigenvalue weighted by molar-refractivity contribution is 0.101. The molecule has 0 atom stereocenters. The highest BCUT2D eigenvalue weighted by atomic mass is 16.2. The Morgan fingerprint density at radius 1 is 1.41 bits per heavy atom. The van der Waals surface area contributed by atoms with E-state index < -0.39 is 0 Å². The lowest BCUT2D eigenvalue weighted by Crippen LogP contribution is -2.17. The molecule has 5 nitrogen and oxygen atoms in total. The van der Waals surface area contributed by atoms with Gasteiger partial charge in [0.25, 0.3) is 5.91 Å². The summed E-state index contributed by atoms with van der Waals surface area (Å²) in [4.78, 5) is 12.0. The molecule has 2 aromatic rings.